The fraction of sp³-hybridized carbons (Fsp3) is 0.458. The first-order valence-electron chi connectivity index (χ1n) is 11.2. The maximum absolute atomic E-state index is 13.2. The average Bonchev–Trinajstić information content (AvgIpc) is 3.05. The van der Waals surface area contributed by atoms with Gasteiger partial charge < -0.3 is 4.90 Å². The van der Waals surface area contributed by atoms with Crippen molar-refractivity contribution in [2.45, 2.75) is 37.1 Å². The Balaban J connectivity index is 1.43. The summed E-state index contributed by atoms with van der Waals surface area (Å²) in [6.45, 7) is 5.09. The van der Waals surface area contributed by atoms with Crippen molar-refractivity contribution < 1.29 is 13.2 Å². The summed E-state index contributed by atoms with van der Waals surface area (Å²) in [6, 6.07) is 16.9. The van der Waals surface area contributed by atoms with E-state index in [1.165, 1.54) is 5.56 Å². The SMILES string of the molecule is O=C(c1cccc(S(=O)(=O)N2CCCCC2)c1)N1CCCN(Cc2ccccc2)CC1. The van der Waals surface area contributed by atoms with Crippen molar-refractivity contribution >= 4 is 15.9 Å². The van der Waals surface area contributed by atoms with Crippen LogP contribution >= 0.6 is 0 Å². The van der Waals surface area contributed by atoms with Gasteiger partial charge in [0.15, 0.2) is 0 Å². The quantitative estimate of drug-likeness (QED) is 0.715. The molecule has 2 aromatic rings. The molecule has 0 atom stereocenters. The van der Waals surface area contributed by atoms with Crippen LogP contribution < -0.4 is 0 Å². The summed E-state index contributed by atoms with van der Waals surface area (Å²) in [5, 5.41) is 0. The molecule has 2 aromatic carbocycles. The van der Waals surface area contributed by atoms with E-state index in [1.54, 1.807) is 28.6 Å². The van der Waals surface area contributed by atoms with E-state index >= 15 is 0 Å². The van der Waals surface area contributed by atoms with E-state index in [2.05, 4.69) is 17.0 Å². The van der Waals surface area contributed by atoms with Crippen LogP contribution in [0, 0.1) is 0 Å². The van der Waals surface area contributed by atoms with Gasteiger partial charge in [-0.1, -0.05) is 42.8 Å². The van der Waals surface area contributed by atoms with E-state index in [9.17, 15) is 13.2 Å². The Morgan fingerprint density at radius 3 is 2.32 bits per heavy atom. The lowest BCUT2D eigenvalue weighted by Gasteiger charge is -2.26. The summed E-state index contributed by atoms with van der Waals surface area (Å²) < 4.78 is 27.6. The molecular formula is C24H31N3O3S. The predicted octanol–water partition coefficient (Wildman–Crippen LogP) is 3.21. The van der Waals surface area contributed by atoms with Gasteiger partial charge in [-0.2, -0.15) is 4.31 Å². The van der Waals surface area contributed by atoms with Crippen molar-refractivity contribution in [1.82, 2.24) is 14.1 Å². The molecule has 0 aliphatic carbocycles. The van der Waals surface area contributed by atoms with Crippen molar-refractivity contribution in [2.75, 3.05) is 39.3 Å². The smallest absolute Gasteiger partial charge is 0.253 e. The minimum atomic E-state index is -3.54. The molecule has 0 bridgehead atoms. The highest BCUT2D eigenvalue weighted by atomic mass is 32.2. The second-order valence-corrected chi connectivity index (χ2v) is 10.3. The van der Waals surface area contributed by atoms with Crippen LogP contribution in [0.3, 0.4) is 0 Å². The third-order valence-corrected chi connectivity index (χ3v) is 8.05. The van der Waals surface area contributed by atoms with Gasteiger partial charge in [-0.3, -0.25) is 9.69 Å². The van der Waals surface area contributed by atoms with Crippen molar-refractivity contribution in [3.05, 3.63) is 65.7 Å². The Kier molecular flexibility index (Phi) is 7.05. The summed E-state index contributed by atoms with van der Waals surface area (Å²) in [4.78, 5) is 17.6. The number of benzene rings is 2. The van der Waals surface area contributed by atoms with Gasteiger partial charge in [-0.05, 0) is 43.0 Å². The first-order chi connectivity index (χ1) is 15.0. The van der Waals surface area contributed by atoms with Gasteiger partial charge in [0.05, 0.1) is 4.90 Å². The van der Waals surface area contributed by atoms with Gasteiger partial charge in [0.1, 0.15) is 0 Å². The van der Waals surface area contributed by atoms with Crippen LogP contribution in [0.25, 0.3) is 0 Å². The van der Waals surface area contributed by atoms with Gasteiger partial charge in [0.2, 0.25) is 10.0 Å². The molecule has 0 N–H and O–H groups in total. The van der Waals surface area contributed by atoms with Crippen LogP contribution in [0.15, 0.2) is 59.5 Å². The molecule has 2 saturated heterocycles. The summed E-state index contributed by atoms with van der Waals surface area (Å²) >= 11 is 0. The number of piperidine rings is 1. The number of hydrogen-bond acceptors (Lipinski definition) is 4. The Morgan fingerprint density at radius 1 is 0.774 bits per heavy atom. The molecular weight excluding hydrogens is 410 g/mol. The minimum absolute atomic E-state index is 0.0859. The molecule has 7 heteroatoms. The lowest BCUT2D eigenvalue weighted by molar-refractivity contribution is 0.0761. The predicted molar refractivity (Wildman–Crippen MR) is 121 cm³/mol. The zero-order chi connectivity index (χ0) is 21.7. The molecule has 0 saturated carbocycles. The summed E-state index contributed by atoms with van der Waals surface area (Å²) in [5.74, 6) is -0.0859. The van der Waals surface area contributed by atoms with E-state index in [0.29, 0.717) is 31.7 Å². The van der Waals surface area contributed by atoms with Crippen LogP contribution in [0.5, 0.6) is 0 Å². The zero-order valence-electron chi connectivity index (χ0n) is 17.9. The standard InChI is InChI=1S/C24H31N3O3S/c28-24(26-14-8-13-25(17-18-26)20-21-9-3-1-4-10-21)22-11-7-12-23(19-22)31(29,30)27-15-5-2-6-16-27/h1,3-4,7,9-12,19H,2,5-6,8,13-18,20H2. The third-order valence-electron chi connectivity index (χ3n) is 6.16. The molecule has 2 aliphatic heterocycles. The molecule has 6 nitrogen and oxygen atoms in total. The second-order valence-electron chi connectivity index (χ2n) is 8.40. The van der Waals surface area contributed by atoms with Crippen LogP contribution in [0.1, 0.15) is 41.6 Å². The molecule has 2 heterocycles. The fourth-order valence-corrected chi connectivity index (χ4v) is 5.96. The topological polar surface area (TPSA) is 60.9 Å². The van der Waals surface area contributed by atoms with Crippen molar-refractivity contribution in [3.8, 4) is 0 Å². The Bertz CT molecular complexity index is 988. The van der Waals surface area contributed by atoms with Gasteiger partial charge in [-0.25, -0.2) is 8.42 Å². The van der Waals surface area contributed by atoms with Gasteiger partial charge in [0.25, 0.3) is 5.91 Å². The highest BCUT2D eigenvalue weighted by Crippen LogP contribution is 2.22. The molecule has 0 spiro atoms. The van der Waals surface area contributed by atoms with Gasteiger partial charge in [-0.15, -0.1) is 0 Å². The van der Waals surface area contributed by atoms with Crippen molar-refractivity contribution in [2.24, 2.45) is 0 Å². The first-order valence-corrected chi connectivity index (χ1v) is 12.6. The van der Waals surface area contributed by atoms with Crippen LogP contribution in [-0.2, 0) is 16.6 Å². The molecule has 0 unspecified atom stereocenters. The molecule has 2 aliphatic rings. The number of nitrogens with zero attached hydrogens (tertiary/aromatic N) is 3. The van der Waals surface area contributed by atoms with Crippen LogP contribution in [0.2, 0.25) is 0 Å². The first kappa shape index (κ1) is 22.0. The second kappa shape index (κ2) is 9.94. The molecule has 1 amide bonds. The number of hydrogen-bond donors (Lipinski definition) is 0. The van der Waals surface area contributed by atoms with Gasteiger partial charge >= 0.3 is 0 Å². The maximum Gasteiger partial charge on any atom is 0.253 e. The monoisotopic (exact) mass is 441 g/mol. The summed E-state index contributed by atoms with van der Waals surface area (Å²) in [5.41, 5.74) is 1.73. The third kappa shape index (κ3) is 5.34. The largest absolute Gasteiger partial charge is 0.337 e. The van der Waals surface area contributed by atoms with E-state index in [-0.39, 0.29) is 10.8 Å². The maximum atomic E-state index is 13.2. The summed E-state index contributed by atoms with van der Waals surface area (Å²) in [6.07, 6.45) is 3.77. The minimum Gasteiger partial charge on any atom is -0.337 e. The highest BCUT2D eigenvalue weighted by Gasteiger charge is 2.27. The van der Waals surface area contributed by atoms with Crippen molar-refractivity contribution in [3.63, 3.8) is 0 Å². The number of carbonyl (C=O) groups is 1. The lowest BCUT2D eigenvalue weighted by atomic mass is 10.2. The highest BCUT2D eigenvalue weighted by molar-refractivity contribution is 7.89. The van der Waals surface area contributed by atoms with E-state index in [0.717, 1.165) is 45.3 Å². The van der Waals surface area contributed by atoms with Gasteiger partial charge in [0, 0.05) is 51.4 Å². The Hall–Kier alpha value is -2.22. The fourth-order valence-electron chi connectivity index (χ4n) is 4.40. The normalized spacial score (nSPS) is 19.2. The lowest BCUT2D eigenvalue weighted by Crippen LogP contribution is -2.36. The molecule has 4 rings (SSSR count). The van der Waals surface area contributed by atoms with E-state index < -0.39 is 10.0 Å². The van der Waals surface area contributed by atoms with Crippen LogP contribution in [-0.4, -0.2) is 67.7 Å². The van der Waals surface area contributed by atoms with Crippen LogP contribution in [0.4, 0.5) is 0 Å². The number of rotatable bonds is 5. The number of sulfonamides is 1. The van der Waals surface area contributed by atoms with Crippen molar-refractivity contribution in [1.29, 1.82) is 0 Å². The molecule has 2 fully saturated rings. The summed E-state index contributed by atoms with van der Waals surface area (Å²) in [7, 11) is -3.54. The van der Waals surface area contributed by atoms with E-state index in [4.69, 9.17) is 0 Å². The zero-order valence-corrected chi connectivity index (χ0v) is 18.8. The number of carbonyl (C=O) groups excluding carboxylic acids is 1. The molecule has 0 aromatic heterocycles. The number of amides is 1. The average molecular weight is 442 g/mol. The molecule has 0 radical (unpaired) electrons. The van der Waals surface area contributed by atoms with E-state index in [1.807, 2.05) is 23.1 Å². The molecule has 166 valence electrons. The molecule has 31 heavy (non-hydrogen) atoms. The Morgan fingerprint density at radius 2 is 1.55 bits per heavy atom. The Labute approximate surface area is 185 Å².